The fourth-order valence-corrected chi connectivity index (χ4v) is 5.69. The zero-order chi connectivity index (χ0) is 28.9. The number of rotatable bonds is 6. The highest BCUT2D eigenvalue weighted by molar-refractivity contribution is 6.86. The molecule has 1 aromatic carbocycles. The summed E-state index contributed by atoms with van der Waals surface area (Å²) in [5.41, 5.74) is -0.548. The van der Waals surface area contributed by atoms with Gasteiger partial charge in [-0.3, -0.25) is 4.79 Å². The second kappa shape index (κ2) is 9.44. The Morgan fingerprint density at radius 1 is 0.806 bits per heavy atom. The van der Waals surface area contributed by atoms with Crippen LogP contribution in [-0.4, -0.2) is 46.5 Å². The molecule has 0 unspecified atom stereocenters. The molecule has 0 spiro atoms. The van der Waals surface area contributed by atoms with E-state index in [9.17, 15) is 40.3 Å². The topological polar surface area (TPSA) is 46.6 Å². The molecule has 1 aromatic rings. The number of benzene rings is 1. The first-order valence-corrected chi connectivity index (χ1v) is 17.0. The second-order valence-corrected chi connectivity index (χ2v) is 21.6. The lowest BCUT2D eigenvalue weighted by Crippen LogP contribution is -2.67. The predicted molar refractivity (Wildman–Crippen MR) is 130 cm³/mol. The van der Waals surface area contributed by atoms with E-state index >= 15 is 0 Å². The third-order valence-electron chi connectivity index (χ3n) is 7.11. The second-order valence-electron chi connectivity index (χ2n) is 11.8. The van der Waals surface area contributed by atoms with Crippen molar-refractivity contribution in [2.45, 2.75) is 95.8 Å². The van der Waals surface area contributed by atoms with Crippen molar-refractivity contribution in [3.8, 4) is 0 Å². The first-order chi connectivity index (χ1) is 15.6. The van der Waals surface area contributed by atoms with Crippen LogP contribution in [0, 0.1) is 0 Å². The van der Waals surface area contributed by atoms with Crippen molar-refractivity contribution in [2.24, 2.45) is 0 Å². The average Bonchev–Trinajstić information content (AvgIpc) is 2.64. The number of hydrogen-bond donors (Lipinski definition) is 0. The minimum atomic E-state index is -6.67. The van der Waals surface area contributed by atoms with Crippen LogP contribution in [0.4, 0.5) is 36.4 Å². The van der Waals surface area contributed by atoms with Crippen LogP contribution in [0.1, 0.15) is 51.9 Å². The molecule has 0 aliphatic carbocycles. The molecule has 4 nitrogen and oxygen atoms in total. The monoisotopic (exact) mass is 561 g/mol. The summed E-state index contributed by atoms with van der Waals surface area (Å²) in [4.78, 5) is 25.8. The van der Waals surface area contributed by atoms with Gasteiger partial charge < -0.3 is 8.99 Å². The van der Waals surface area contributed by atoms with Gasteiger partial charge in [0.2, 0.25) is 0 Å². The molecule has 206 valence electrons. The molecule has 0 bridgehead atoms. The van der Waals surface area contributed by atoms with Gasteiger partial charge in [-0.2, -0.15) is 30.7 Å². The zero-order valence-electron chi connectivity index (χ0n) is 22.1. The Morgan fingerprint density at radius 2 is 1.28 bits per heavy atom. The molecule has 0 saturated heterocycles. The number of anilines is 1. The fourth-order valence-electron chi connectivity index (χ4n) is 2.70. The van der Waals surface area contributed by atoms with Gasteiger partial charge in [-0.25, -0.2) is 4.79 Å². The number of nitrogens with zero attached hydrogens (tertiary/aromatic N) is 1. The number of hydrogen-bond acceptors (Lipinski definition) is 3. The minimum absolute atomic E-state index is 0.153. The highest BCUT2D eigenvalue weighted by Crippen LogP contribution is 2.50. The molecular formula is C23H34F7NO3Si2. The van der Waals surface area contributed by atoms with E-state index in [0.29, 0.717) is 4.57 Å². The van der Waals surface area contributed by atoms with Crippen LogP contribution in [0.5, 0.6) is 0 Å². The maximum Gasteiger partial charge on any atom is 0.460 e. The summed E-state index contributed by atoms with van der Waals surface area (Å²) in [7, 11) is -6.19. The summed E-state index contributed by atoms with van der Waals surface area (Å²) in [5, 5.41) is -1.31. The number of carbonyl (C=O) groups is 2. The van der Waals surface area contributed by atoms with Gasteiger partial charge in [-0.15, -0.1) is 0 Å². The molecule has 0 atom stereocenters. The van der Waals surface area contributed by atoms with Gasteiger partial charge in [-0.05, 0) is 41.4 Å². The van der Waals surface area contributed by atoms with Gasteiger partial charge in [0.1, 0.15) is 0 Å². The van der Waals surface area contributed by atoms with Gasteiger partial charge >= 0.3 is 24.0 Å². The molecule has 0 aliphatic heterocycles. The Kier molecular flexibility index (Phi) is 8.43. The summed E-state index contributed by atoms with van der Waals surface area (Å²) in [6.07, 6.45) is -6.67. The molecule has 0 aliphatic rings. The van der Waals surface area contributed by atoms with Crippen molar-refractivity contribution in [2.75, 3.05) is 4.57 Å². The van der Waals surface area contributed by atoms with E-state index in [-0.39, 0.29) is 10.6 Å². The van der Waals surface area contributed by atoms with Crippen molar-refractivity contribution in [3.63, 3.8) is 0 Å². The van der Waals surface area contributed by atoms with Crippen molar-refractivity contribution >= 4 is 34.1 Å². The highest BCUT2D eigenvalue weighted by atomic mass is 28.4. The van der Waals surface area contributed by atoms with Gasteiger partial charge in [0.25, 0.3) is 14.2 Å². The van der Waals surface area contributed by atoms with Crippen LogP contribution in [-0.2, 0) is 9.22 Å². The lowest BCUT2D eigenvalue weighted by atomic mass is 10.1. The van der Waals surface area contributed by atoms with Crippen LogP contribution in [0.25, 0.3) is 0 Å². The van der Waals surface area contributed by atoms with E-state index in [2.05, 4.69) is 0 Å². The first kappa shape index (κ1) is 32.1. The smallest absolute Gasteiger partial charge is 0.460 e. The number of carbonyl (C=O) groups excluding carboxylic acids is 2. The summed E-state index contributed by atoms with van der Waals surface area (Å²) in [6.45, 7) is 16.7. The molecule has 1 rings (SSSR count). The summed E-state index contributed by atoms with van der Waals surface area (Å²) in [5.74, 6) is -16.2. The third-order valence-corrected chi connectivity index (χ3v) is 16.7. The van der Waals surface area contributed by atoms with Crippen LogP contribution in [0.2, 0.25) is 36.3 Å². The van der Waals surface area contributed by atoms with Gasteiger partial charge in [0.05, 0.1) is 5.56 Å². The largest absolute Gasteiger partial charge is 0.516 e. The molecule has 0 heterocycles. The number of amides is 1. The molecule has 0 saturated carbocycles. The highest BCUT2D eigenvalue weighted by Gasteiger charge is 2.77. The molecular weight excluding hydrogens is 527 g/mol. The predicted octanol–water partition coefficient (Wildman–Crippen LogP) is 8.02. The Bertz CT molecular complexity index is 995. The maximum atomic E-state index is 14.6. The lowest BCUT2D eigenvalue weighted by molar-refractivity contribution is -0.343. The van der Waals surface area contributed by atoms with E-state index < -0.39 is 57.2 Å². The maximum absolute atomic E-state index is 14.6. The van der Waals surface area contributed by atoms with Crippen molar-refractivity contribution in [3.05, 3.63) is 29.8 Å². The molecule has 0 radical (unpaired) electrons. The Hall–Kier alpha value is -1.90. The van der Waals surface area contributed by atoms with Crippen LogP contribution in [0.15, 0.2) is 24.3 Å². The van der Waals surface area contributed by atoms with Crippen LogP contribution < -0.4 is 4.57 Å². The molecule has 0 aromatic heterocycles. The van der Waals surface area contributed by atoms with E-state index in [1.54, 1.807) is 33.9 Å². The van der Waals surface area contributed by atoms with Gasteiger partial charge in [-0.1, -0.05) is 60.7 Å². The van der Waals surface area contributed by atoms with Crippen molar-refractivity contribution in [1.82, 2.24) is 0 Å². The summed E-state index contributed by atoms with van der Waals surface area (Å²) in [6, 6.07) is 4.64. The lowest BCUT2D eigenvalue weighted by Gasteiger charge is -2.47. The number of alkyl halides is 7. The zero-order valence-corrected chi connectivity index (χ0v) is 24.1. The van der Waals surface area contributed by atoms with Gasteiger partial charge in [0.15, 0.2) is 8.24 Å². The van der Waals surface area contributed by atoms with E-state index in [1.807, 2.05) is 20.8 Å². The summed E-state index contributed by atoms with van der Waals surface area (Å²) < 4.78 is 102. The third kappa shape index (κ3) is 5.81. The first-order valence-electron chi connectivity index (χ1n) is 11.1. The quantitative estimate of drug-likeness (QED) is 0.261. The van der Waals surface area contributed by atoms with Crippen LogP contribution >= 0.6 is 0 Å². The standard InChI is InChI=1S/C23H34F7NO3Si2/c1-19(2,3)35(7,8)31(18(33)21(24,25)22(26,27)23(28,29)30)16-13-11-12-15(14-16)17(32)34-36(9,10)20(4,5)6/h11-14H,1-10H3. The molecule has 0 N–H and O–H groups in total. The number of halogens is 7. The molecule has 0 fully saturated rings. The van der Waals surface area contributed by atoms with E-state index in [1.165, 1.54) is 25.2 Å². The van der Waals surface area contributed by atoms with Crippen molar-refractivity contribution < 1.29 is 44.7 Å². The minimum Gasteiger partial charge on any atom is -0.516 e. The van der Waals surface area contributed by atoms with Gasteiger partial charge in [0, 0.05) is 5.69 Å². The summed E-state index contributed by atoms with van der Waals surface area (Å²) >= 11 is 0. The molecule has 13 heteroatoms. The van der Waals surface area contributed by atoms with E-state index in [4.69, 9.17) is 4.43 Å². The Labute approximate surface area is 209 Å². The molecule has 36 heavy (non-hydrogen) atoms. The average molecular weight is 562 g/mol. The normalized spacial score (nSPS) is 14.5. The molecule has 1 amide bonds. The fraction of sp³-hybridized carbons (Fsp3) is 0.652. The van der Waals surface area contributed by atoms with E-state index in [0.717, 1.165) is 12.1 Å². The Balaban J connectivity index is 3.74. The Morgan fingerprint density at radius 3 is 1.67 bits per heavy atom. The van der Waals surface area contributed by atoms with Crippen LogP contribution in [0.3, 0.4) is 0 Å². The van der Waals surface area contributed by atoms with Crippen molar-refractivity contribution in [1.29, 1.82) is 0 Å². The SMILES string of the molecule is CC(C)(C)[Si](C)(C)OC(=O)c1cccc(N(C(=O)C(F)(F)C(F)(F)C(F)(F)F)[Si](C)(C)C(C)(C)C)c1.